The van der Waals surface area contributed by atoms with Gasteiger partial charge in [-0.15, -0.1) is 11.3 Å². The van der Waals surface area contributed by atoms with E-state index in [1.54, 1.807) is 5.56 Å². The highest BCUT2D eigenvalue weighted by Crippen LogP contribution is 2.58. The fraction of sp³-hybridized carbons (Fsp3) is 0.200. The van der Waals surface area contributed by atoms with Gasteiger partial charge in [0.05, 0.1) is 10.7 Å². The molecule has 2 aromatic carbocycles. The van der Waals surface area contributed by atoms with E-state index in [0.717, 1.165) is 6.42 Å². The lowest BCUT2D eigenvalue weighted by Crippen LogP contribution is -2.01. The third-order valence-corrected chi connectivity index (χ3v) is 8.42. The zero-order chi connectivity index (χ0) is 19.0. The maximum atomic E-state index is 2.57. The van der Waals surface area contributed by atoms with Crippen LogP contribution in [0, 0.1) is 20.8 Å². The van der Waals surface area contributed by atoms with Crippen LogP contribution in [0.4, 0.5) is 0 Å². The summed E-state index contributed by atoms with van der Waals surface area (Å²) in [5.41, 5.74) is 6.97. The molecular formula is C25H21NS2. The standard InChI is InChI=1S/C25H21NS2/c1-14-12-15(2)23(16(3)13-14)26-24-21(17-8-4-6-10-19(17)27-24)22-18-9-5-7-11-20(18)28-25(22)26/h4-8,10-13,18H,9H2,1-3H3. The first-order chi connectivity index (χ1) is 13.6. The Balaban J connectivity index is 1.78. The minimum Gasteiger partial charge on any atom is -0.294 e. The molecule has 0 amide bonds. The molecule has 0 spiro atoms. The predicted octanol–water partition coefficient (Wildman–Crippen LogP) is 7.80. The van der Waals surface area contributed by atoms with E-state index in [2.05, 4.69) is 80.0 Å². The summed E-state index contributed by atoms with van der Waals surface area (Å²) in [4.78, 5) is 2.91. The first-order valence-electron chi connectivity index (χ1n) is 9.82. The van der Waals surface area contributed by atoms with Gasteiger partial charge in [0, 0.05) is 27.0 Å². The third-order valence-electron chi connectivity index (χ3n) is 6.02. The minimum absolute atomic E-state index is 0.512. The first kappa shape index (κ1) is 16.7. The van der Waals surface area contributed by atoms with E-state index in [1.165, 1.54) is 52.6 Å². The van der Waals surface area contributed by atoms with Gasteiger partial charge in [-0.25, -0.2) is 0 Å². The van der Waals surface area contributed by atoms with E-state index < -0.39 is 0 Å². The Labute approximate surface area is 173 Å². The quantitative estimate of drug-likeness (QED) is 0.316. The topological polar surface area (TPSA) is 4.93 Å². The highest BCUT2D eigenvalue weighted by Gasteiger charge is 2.36. The fourth-order valence-corrected chi connectivity index (χ4v) is 7.65. The summed E-state index contributed by atoms with van der Waals surface area (Å²) in [5.74, 6) is 0.512. The zero-order valence-electron chi connectivity index (χ0n) is 16.2. The van der Waals surface area contributed by atoms with Crippen LogP contribution in [-0.4, -0.2) is 4.57 Å². The Kier molecular flexibility index (Phi) is 3.51. The molecule has 1 aliphatic carbocycles. The lowest BCUT2D eigenvalue weighted by Gasteiger charge is -2.16. The van der Waals surface area contributed by atoms with Crippen LogP contribution in [0.1, 0.15) is 34.6 Å². The normalized spacial score (nSPS) is 18.0. The van der Waals surface area contributed by atoms with E-state index >= 15 is 0 Å². The van der Waals surface area contributed by atoms with Crippen LogP contribution in [0.25, 0.3) is 26.0 Å². The van der Waals surface area contributed by atoms with Crippen LogP contribution in [0.2, 0.25) is 0 Å². The zero-order valence-corrected chi connectivity index (χ0v) is 17.9. The van der Waals surface area contributed by atoms with Gasteiger partial charge in [-0.05, 0) is 49.3 Å². The van der Waals surface area contributed by atoms with Crippen molar-refractivity contribution in [3.63, 3.8) is 0 Å². The second-order valence-corrected chi connectivity index (χ2v) is 10.1. The van der Waals surface area contributed by atoms with Gasteiger partial charge in [-0.1, -0.05) is 65.9 Å². The molecule has 1 atom stereocenters. The summed E-state index contributed by atoms with van der Waals surface area (Å²) in [6.07, 6.45) is 7.98. The molecule has 3 heteroatoms. The molecular weight excluding hydrogens is 378 g/mol. The van der Waals surface area contributed by atoms with Gasteiger partial charge in [0.25, 0.3) is 0 Å². The molecule has 2 aromatic heterocycles. The largest absolute Gasteiger partial charge is 0.294 e. The summed E-state index contributed by atoms with van der Waals surface area (Å²) in [6.45, 7) is 6.71. The SMILES string of the molecule is Cc1cc(C)c(-n2c3c(c4c5ccccc5sc42)C2CC=CC=C2S3)c(C)c1. The lowest BCUT2D eigenvalue weighted by molar-refractivity contribution is 0.828. The number of nitrogens with zero attached hydrogens (tertiary/aromatic N) is 1. The Morgan fingerprint density at radius 1 is 1.04 bits per heavy atom. The number of hydrogen-bond donors (Lipinski definition) is 0. The number of thioether (sulfide) groups is 1. The molecule has 1 unspecified atom stereocenters. The highest BCUT2D eigenvalue weighted by atomic mass is 32.2. The number of aryl methyl sites for hydroxylation is 3. The van der Waals surface area contributed by atoms with Crippen molar-refractivity contribution in [2.45, 2.75) is 38.1 Å². The van der Waals surface area contributed by atoms with Crippen molar-refractivity contribution in [2.75, 3.05) is 0 Å². The van der Waals surface area contributed by atoms with Crippen molar-refractivity contribution in [3.8, 4) is 5.69 Å². The number of hydrogen-bond acceptors (Lipinski definition) is 2. The molecule has 6 rings (SSSR count). The van der Waals surface area contributed by atoms with Crippen LogP contribution in [0.5, 0.6) is 0 Å². The van der Waals surface area contributed by atoms with Gasteiger partial charge in [0.2, 0.25) is 0 Å². The van der Waals surface area contributed by atoms with E-state index in [0.29, 0.717) is 5.92 Å². The van der Waals surface area contributed by atoms with Crippen molar-refractivity contribution in [1.29, 1.82) is 0 Å². The Bertz CT molecular complexity index is 1320. The fourth-order valence-electron chi connectivity index (χ4n) is 5.01. The molecule has 0 saturated carbocycles. The van der Waals surface area contributed by atoms with Gasteiger partial charge in [0.15, 0.2) is 0 Å². The highest BCUT2D eigenvalue weighted by molar-refractivity contribution is 8.03. The van der Waals surface area contributed by atoms with Crippen molar-refractivity contribution in [3.05, 3.63) is 81.8 Å². The third kappa shape index (κ3) is 2.15. The van der Waals surface area contributed by atoms with Crippen LogP contribution in [0.3, 0.4) is 0 Å². The molecule has 1 aliphatic heterocycles. The number of aromatic nitrogens is 1. The van der Waals surface area contributed by atoms with E-state index in [1.807, 2.05) is 23.1 Å². The van der Waals surface area contributed by atoms with E-state index in [9.17, 15) is 0 Å². The van der Waals surface area contributed by atoms with E-state index in [-0.39, 0.29) is 0 Å². The summed E-state index contributed by atoms with van der Waals surface area (Å²) in [5, 5.41) is 4.32. The summed E-state index contributed by atoms with van der Waals surface area (Å²) in [7, 11) is 0. The minimum atomic E-state index is 0.512. The Morgan fingerprint density at radius 2 is 1.82 bits per heavy atom. The molecule has 0 radical (unpaired) electrons. The average molecular weight is 400 g/mol. The monoisotopic (exact) mass is 399 g/mol. The molecule has 0 saturated heterocycles. The number of allylic oxidation sites excluding steroid dienone is 4. The number of benzene rings is 2. The van der Waals surface area contributed by atoms with Crippen molar-refractivity contribution in [2.24, 2.45) is 0 Å². The average Bonchev–Trinajstić information content (AvgIpc) is 3.29. The van der Waals surface area contributed by atoms with Crippen LogP contribution < -0.4 is 0 Å². The predicted molar refractivity (Wildman–Crippen MR) is 123 cm³/mol. The second kappa shape index (κ2) is 5.88. The van der Waals surface area contributed by atoms with Crippen LogP contribution in [0.15, 0.2) is 64.6 Å². The van der Waals surface area contributed by atoms with Crippen molar-refractivity contribution in [1.82, 2.24) is 4.57 Å². The van der Waals surface area contributed by atoms with Crippen molar-refractivity contribution < 1.29 is 0 Å². The molecule has 1 nitrogen and oxygen atoms in total. The summed E-state index contributed by atoms with van der Waals surface area (Å²) >= 11 is 3.92. The smallest absolute Gasteiger partial charge is 0.109 e. The van der Waals surface area contributed by atoms with Gasteiger partial charge < -0.3 is 0 Å². The lowest BCUT2D eigenvalue weighted by atomic mass is 9.92. The number of rotatable bonds is 1. The Morgan fingerprint density at radius 3 is 2.64 bits per heavy atom. The van der Waals surface area contributed by atoms with Gasteiger partial charge in [-0.2, -0.15) is 0 Å². The van der Waals surface area contributed by atoms with Gasteiger partial charge >= 0.3 is 0 Å². The summed E-state index contributed by atoms with van der Waals surface area (Å²) in [6, 6.07) is 13.6. The van der Waals surface area contributed by atoms with Crippen LogP contribution in [-0.2, 0) is 0 Å². The maximum Gasteiger partial charge on any atom is 0.109 e. The maximum absolute atomic E-state index is 2.57. The molecule has 0 bridgehead atoms. The first-order valence-corrected chi connectivity index (χ1v) is 11.5. The van der Waals surface area contributed by atoms with Gasteiger partial charge in [-0.3, -0.25) is 4.57 Å². The second-order valence-electron chi connectivity index (χ2n) is 7.97. The van der Waals surface area contributed by atoms with E-state index in [4.69, 9.17) is 0 Å². The van der Waals surface area contributed by atoms with Crippen molar-refractivity contribution >= 4 is 43.4 Å². The number of thiophene rings is 1. The Hall–Kier alpha value is -2.23. The molecule has 4 aromatic rings. The molecule has 3 heterocycles. The molecule has 138 valence electrons. The molecule has 28 heavy (non-hydrogen) atoms. The molecule has 0 N–H and O–H groups in total. The number of fused-ring (bicyclic) bond motifs is 7. The molecule has 2 aliphatic rings. The summed E-state index contributed by atoms with van der Waals surface area (Å²) < 4.78 is 3.96. The van der Waals surface area contributed by atoms with Crippen LogP contribution >= 0.6 is 23.1 Å². The van der Waals surface area contributed by atoms with Gasteiger partial charge in [0.1, 0.15) is 4.83 Å². The molecule has 0 fully saturated rings.